The summed E-state index contributed by atoms with van der Waals surface area (Å²) in [6, 6.07) is 8.17. The maximum absolute atomic E-state index is 11.2. The topological polar surface area (TPSA) is 38.7 Å². The normalized spacial score (nSPS) is 21.2. The monoisotopic (exact) mass is 346 g/mol. The van der Waals surface area contributed by atoms with Crippen LogP contribution in [0, 0.1) is 11.3 Å². The Morgan fingerprint density at radius 2 is 1.80 bits per heavy atom. The lowest BCUT2D eigenvalue weighted by atomic mass is 9.67. The van der Waals surface area contributed by atoms with Gasteiger partial charge in [0.05, 0.1) is 6.10 Å². The molecule has 1 N–H and O–H groups in total. The SMILES string of the molecule is CCOC(Cc1ccccc1C(O)[C@@H]1CCC(C)=CC1(C)C)OCC. The molecule has 1 unspecified atom stereocenters. The zero-order valence-electron chi connectivity index (χ0n) is 16.4. The van der Waals surface area contributed by atoms with Crippen LogP contribution < -0.4 is 0 Å². The Balaban J connectivity index is 2.24. The van der Waals surface area contributed by atoms with E-state index in [0.29, 0.717) is 19.6 Å². The second kappa shape index (κ2) is 8.98. The van der Waals surface area contributed by atoms with Crippen molar-refractivity contribution in [2.75, 3.05) is 13.2 Å². The average Bonchev–Trinajstić information content (AvgIpc) is 2.54. The van der Waals surface area contributed by atoms with Crippen molar-refractivity contribution in [1.29, 1.82) is 0 Å². The van der Waals surface area contributed by atoms with Crippen LogP contribution in [-0.4, -0.2) is 24.6 Å². The third kappa shape index (κ3) is 5.16. The Hall–Kier alpha value is -1.16. The smallest absolute Gasteiger partial charge is 0.161 e. The number of allylic oxidation sites excluding steroid dienone is 2. The van der Waals surface area contributed by atoms with E-state index in [1.165, 1.54) is 5.57 Å². The van der Waals surface area contributed by atoms with Gasteiger partial charge in [0.25, 0.3) is 0 Å². The Labute approximate surface area is 153 Å². The number of rotatable bonds is 8. The van der Waals surface area contributed by atoms with Gasteiger partial charge in [-0.05, 0) is 56.1 Å². The summed E-state index contributed by atoms with van der Waals surface area (Å²) in [5.74, 6) is 0.218. The van der Waals surface area contributed by atoms with E-state index in [-0.39, 0.29) is 17.6 Å². The number of aliphatic hydroxyl groups excluding tert-OH is 1. The minimum Gasteiger partial charge on any atom is -0.388 e. The van der Waals surface area contributed by atoms with E-state index in [2.05, 4.69) is 39.0 Å². The molecule has 3 heteroatoms. The number of ether oxygens (including phenoxy) is 2. The first-order chi connectivity index (χ1) is 11.9. The first-order valence-corrected chi connectivity index (χ1v) is 9.56. The van der Waals surface area contributed by atoms with Crippen molar-refractivity contribution in [2.24, 2.45) is 11.3 Å². The fourth-order valence-corrected chi connectivity index (χ4v) is 4.08. The minimum absolute atomic E-state index is 0.00585. The molecule has 0 saturated heterocycles. The van der Waals surface area contributed by atoms with Gasteiger partial charge in [0.2, 0.25) is 0 Å². The van der Waals surface area contributed by atoms with Gasteiger partial charge >= 0.3 is 0 Å². The van der Waals surface area contributed by atoms with E-state index < -0.39 is 6.10 Å². The molecule has 1 aliphatic rings. The lowest BCUT2D eigenvalue weighted by Crippen LogP contribution is -2.31. The highest BCUT2D eigenvalue weighted by Gasteiger charge is 2.37. The van der Waals surface area contributed by atoms with Crippen LogP contribution in [0.5, 0.6) is 0 Å². The quantitative estimate of drug-likeness (QED) is 0.529. The van der Waals surface area contributed by atoms with Crippen molar-refractivity contribution in [1.82, 2.24) is 0 Å². The zero-order valence-corrected chi connectivity index (χ0v) is 16.4. The van der Waals surface area contributed by atoms with Gasteiger partial charge in [0.15, 0.2) is 6.29 Å². The van der Waals surface area contributed by atoms with Crippen molar-refractivity contribution in [2.45, 2.75) is 66.3 Å². The third-order valence-electron chi connectivity index (χ3n) is 5.27. The zero-order chi connectivity index (χ0) is 18.4. The predicted molar refractivity (Wildman–Crippen MR) is 102 cm³/mol. The number of aliphatic hydroxyl groups is 1. The van der Waals surface area contributed by atoms with Crippen LogP contribution in [0.2, 0.25) is 0 Å². The highest BCUT2D eigenvalue weighted by Crippen LogP contribution is 2.46. The fourth-order valence-electron chi connectivity index (χ4n) is 4.08. The first-order valence-electron chi connectivity index (χ1n) is 9.56. The Bertz CT molecular complexity index is 570. The summed E-state index contributed by atoms with van der Waals surface area (Å²) in [6.45, 7) is 11.8. The van der Waals surface area contributed by atoms with Crippen LogP contribution in [-0.2, 0) is 15.9 Å². The molecule has 1 aromatic rings. The predicted octanol–water partition coefficient (Wildman–Crippen LogP) is 5.04. The number of hydrogen-bond acceptors (Lipinski definition) is 3. The van der Waals surface area contributed by atoms with Gasteiger partial charge in [-0.15, -0.1) is 0 Å². The van der Waals surface area contributed by atoms with E-state index in [9.17, 15) is 5.11 Å². The van der Waals surface area contributed by atoms with Crippen LogP contribution in [0.3, 0.4) is 0 Å². The Kier molecular flexibility index (Phi) is 7.24. The maximum Gasteiger partial charge on any atom is 0.161 e. The molecule has 3 nitrogen and oxygen atoms in total. The highest BCUT2D eigenvalue weighted by molar-refractivity contribution is 5.31. The molecule has 2 atom stereocenters. The molecule has 2 rings (SSSR count). The summed E-state index contributed by atoms with van der Waals surface area (Å²) in [5, 5.41) is 11.2. The fraction of sp³-hybridized carbons (Fsp3) is 0.636. The third-order valence-corrected chi connectivity index (χ3v) is 5.27. The maximum atomic E-state index is 11.2. The Morgan fingerprint density at radius 1 is 1.16 bits per heavy atom. The molecule has 25 heavy (non-hydrogen) atoms. The highest BCUT2D eigenvalue weighted by atomic mass is 16.7. The molecule has 0 saturated carbocycles. The van der Waals surface area contributed by atoms with Crippen molar-refractivity contribution in [3.8, 4) is 0 Å². The van der Waals surface area contributed by atoms with Crippen molar-refractivity contribution < 1.29 is 14.6 Å². The van der Waals surface area contributed by atoms with Gasteiger partial charge in [-0.25, -0.2) is 0 Å². The number of benzene rings is 1. The van der Waals surface area contributed by atoms with E-state index in [4.69, 9.17) is 9.47 Å². The molecule has 0 aromatic heterocycles. The van der Waals surface area contributed by atoms with Gasteiger partial charge in [0.1, 0.15) is 0 Å². The van der Waals surface area contributed by atoms with Crippen molar-refractivity contribution in [3.63, 3.8) is 0 Å². The lowest BCUT2D eigenvalue weighted by molar-refractivity contribution is -0.134. The van der Waals surface area contributed by atoms with E-state index in [1.807, 2.05) is 26.0 Å². The Morgan fingerprint density at radius 3 is 2.40 bits per heavy atom. The molecule has 0 fully saturated rings. The van der Waals surface area contributed by atoms with Gasteiger partial charge in [0, 0.05) is 19.6 Å². The average molecular weight is 347 g/mol. The number of hydrogen-bond donors (Lipinski definition) is 1. The van der Waals surface area contributed by atoms with Crippen molar-refractivity contribution >= 4 is 0 Å². The molecule has 140 valence electrons. The summed E-state index contributed by atoms with van der Waals surface area (Å²) in [5.41, 5.74) is 3.55. The molecule has 0 aliphatic heterocycles. The second-order valence-electron chi connectivity index (χ2n) is 7.65. The standard InChI is InChI=1S/C22H34O3/c1-6-24-20(25-7-2)14-17-10-8-9-11-18(17)21(23)19-13-12-16(3)15-22(19,4)5/h8-11,15,19-21,23H,6-7,12-14H2,1-5H3/t19-,21?/m0/s1. The molecule has 1 aliphatic carbocycles. The van der Waals surface area contributed by atoms with Gasteiger partial charge in [-0.2, -0.15) is 0 Å². The van der Waals surface area contributed by atoms with Crippen LogP contribution in [0.4, 0.5) is 0 Å². The lowest BCUT2D eigenvalue weighted by Gasteiger charge is -2.40. The van der Waals surface area contributed by atoms with Gasteiger partial charge in [-0.1, -0.05) is 49.8 Å². The molecule has 0 amide bonds. The van der Waals surface area contributed by atoms with E-state index in [1.54, 1.807) is 0 Å². The molecule has 0 heterocycles. The van der Waals surface area contributed by atoms with Crippen LogP contribution in [0.15, 0.2) is 35.9 Å². The van der Waals surface area contributed by atoms with Crippen molar-refractivity contribution in [3.05, 3.63) is 47.0 Å². The molecule has 1 aromatic carbocycles. The van der Waals surface area contributed by atoms with Crippen LogP contribution in [0.25, 0.3) is 0 Å². The molecular formula is C22H34O3. The first kappa shape index (κ1) is 20.2. The van der Waals surface area contributed by atoms with E-state index in [0.717, 1.165) is 24.0 Å². The summed E-state index contributed by atoms with van der Waals surface area (Å²) in [6.07, 6.45) is 4.34. The van der Waals surface area contributed by atoms with E-state index >= 15 is 0 Å². The van der Waals surface area contributed by atoms with Crippen LogP contribution in [0.1, 0.15) is 64.7 Å². The molecule has 0 radical (unpaired) electrons. The molecule has 0 bridgehead atoms. The summed E-state index contributed by atoms with van der Waals surface area (Å²) < 4.78 is 11.4. The largest absolute Gasteiger partial charge is 0.388 e. The molecule has 0 spiro atoms. The minimum atomic E-state index is -0.473. The second-order valence-corrected chi connectivity index (χ2v) is 7.65. The molecular weight excluding hydrogens is 312 g/mol. The summed E-state index contributed by atoms with van der Waals surface area (Å²) in [7, 11) is 0. The van der Waals surface area contributed by atoms with Crippen LogP contribution >= 0.6 is 0 Å². The summed E-state index contributed by atoms with van der Waals surface area (Å²) >= 11 is 0. The summed E-state index contributed by atoms with van der Waals surface area (Å²) in [4.78, 5) is 0. The van der Waals surface area contributed by atoms with Gasteiger partial charge < -0.3 is 14.6 Å². The van der Waals surface area contributed by atoms with Gasteiger partial charge in [-0.3, -0.25) is 0 Å².